The summed E-state index contributed by atoms with van der Waals surface area (Å²) in [6, 6.07) is -0.613. The Bertz CT molecular complexity index is 960. The van der Waals surface area contributed by atoms with E-state index >= 15 is 0 Å². The van der Waals surface area contributed by atoms with E-state index in [4.69, 9.17) is 4.74 Å². The molecular weight excluding hydrogens is 536 g/mol. The van der Waals surface area contributed by atoms with Crippen LogP contribution in [0.1, 0.15) is 98.8 Å². The number of esters is 1. The van der Waals surface area contributed by atoms with Crippen LogP contribution in [0.2, 0.25) is 0 Å². The number of allylic oxidation sites excluding steroid dienone is 1. The van der Waals surface area contributed by atoms with Crippen LogP contribution in [0.4, 0.5) is 0 Å². The number of nitrogens with zero attached hydrogens (tertiary/aromatic N) is 2. The molecule has 3 aliphatic rings. The second-order valence-corrected chi connectivity index (χ2v) is 15.6. The van der Waals surface area contributed by atoms with Crippen LogP contribution in [-0.4, -0.2) is 80.6 Å². The normalized spacial score (nSPS) is 27.2. The van der Waals surface area contributed by atoms with Gasteiger partial charge in [-0.1, -0.05) is 45.8 Å². The third kappa shape index (κ3) is 7.41. The molecule has 0 aromatic carbocycles. The second-order valence-electron chi connectivity index (χ2n) is 14.0. The van der Waals surface area contributed by atoms with Crippen molar-refractivity contribution >= 4 is 29.5 Å². The number of likely N-dealkylation sites (tertiary alicyclic amines) is 1. The number of rotatable bonds is 17. The zero-order valence-electron chi connectivity index (χ0n) is 26.2. The summed E-state index contributed by atoms with van der Waals surface area (Å²) in [6.45, 7) is 19.9. The van der Waals surface area contributed by atoms with E-state index in [9.17, 15) is 19.5 Å². The average Bonchev–Trinajstić information content (AvgIpc) is 3.52. The number of aliphatic hydroxyl groups is 1. The van der Waals surface area contributed by atoms with E-state index in [1.54, 1.807) is 17.8 Å². The maximum atomic E-state index is 14.7. The molecule has 1 spiro atoms. The summed E-state index contributed by atoms with van der Waals surface area (Å²) in [5.74, 6) is -1.42. The van der Waals surface area contributed by atoms with Gasteiger partial charge < -0.3 is 19.6 Å². The fourth-order valence-corrected chi connectivity index (χ4v) is 9.85. The van der Waals surface area contributed by atoms with Crippen LogP contribution in [-0.2, 0) is 19.1 Å². The van der Waals surface area contributed by atoms with Crippen molar-refractivity contribution in [3.63, 3.8) is 0 Å². The van der Waals surface area contributed by atoms with Crippen molar-refractivity contribution in [1.82, 2.24) is 9.80 Å². The summed E-state index contributed by atoms with van der Waals surface area (Å²) >= 11 is 1.70. The van der Waals surface area contributed by atoms with Gasteiger partial charge in [0.1, 0.15) is 6.04 Å². The number of ether oxygens (including phenoxy) is 1. The summed E-state index contributed by atoms with van der Waals surface area (Å²) in [5, 5.41) is 9.20. The van der Waals surface area contributed by atoms with Crippen LogP contribution in [0.3, 0.4) is 0 Å². The molecule has 5 atom stereocenters. The summed E-state index contributed by atoms with van der Waals surface area (Å²) in [4.78, 5) is 46.2. The Labute approximate surface area is 252 Å². The predicted molar refractivity (Wildman–Crippen MR) is 166 cm³/mol. The van der Waals surface area contributed by atoms with Gasteiger partial charge in [-0.15, -0.1) is 24.9 Å². The minimum atomic E-state index is -0.617. The zero-order chi connectivity index (χ0) is 30.4. The quantitative estimate of drug-likeness (QED) is 0.132. The number of carbonyl (C=O) groups is 3. The number of aliphatic hydroxyl groups excluding tert-OH is 1. The first kappa shape index (κ1) is 33.7. The molecule has 3 saturated heterocycles. The lowest BCUT2D eigenvalue weighted by molar-refractivity contribution is -0.154. The first-order valence-electron chi connectivity index (χ1n) is 15.6. The van der Waals surface area contributed by atoms with Crippen LogP contribution >= 0.6 is 11.8 Å². The van der Waals surface area contributed by atoms with Gasteiger partial charge in [-0.05, 0) is 70.6 Å². The van der Waals surface area contributed by atoms with Crippen molar-refractivity contribution < 1.29 is 24.2 Å². The van der Waals surface area contributed by atoms with Crippen molar-refractivity contribution in [3.05, 3.63) is 25.3 Å². The van der Waals surface area contributed by atoms with E-state index < -0.39 is 28.2 Å². The molecule has 8 heteroatoms. The van der Waals surface area contributed by atoms with Gasteiger partial charge in [0.25, 0.3) is 0 Å². The SMILES string of the molecule is C=CCCCCOC(=O)[C@@H]1[C@H]2C(=O)N(CCCCCCO)C(C(=O)N(CC=C)C(C)(C)CC(C)(C)C)C23CC[C@H]1S3. The lowest BCUT2D eigenvalue weighted by Gasteiger charge is -2.46. The molecule has 0 aromatic heterocycles. The van der Waals surface area contributed by atoms with Gasteiger partial charge in [-0.3, -0.25) is 14.4 Å². The Morgan fingerprint density at radius 2 is 1.80 bits per heavy atom. The van der Waals surface area contributed by atoms with E-state index in [1.807, 2.05) is 15.9 Å². The molecule has 3 rings (SSSR count). The molecule has 0 radical (unpaired) electrons. The zero-order valence-corrected chi connectivity index (χ0v) is 27.0. The minimum Gasteiger partial charge on any atom is -0.465 e. The Morgan fingerprint density at radius 3 is 2.44 bits per heavy atom. The summed E-state index contributed by atoms with van der Waals surface area (Å²) in [6.07, 6.45) is 11.8. The van der Waals surface area contributed by atoms with Crippen molar-refractivity contribution in [3.8, 4) is 0 Å². The van der Waals surface area contributed by atoms with E-state index in [0.717, 1.165) is 64.2 Å². The molecule has 0 aliphatic carbocycles. The van der Waals surface area contributed by atoms with Gasteiger partial charge in [-0.25, -0.2) is 0 Å². The Balaban J connectivity index is 1.93. The second kappa shape index (κ2) is 14.1. The third-order valence-electron chi connectivity index (χ3n) is 8.93. The first-order valence-corrected chi connectivity index (χ1v) is 16.5. The molecule has 3 aliphatic heterocycles. The molecule has 7 nitrogen and oxygen atoms in total. The number of hydrogen-bond donors (Lipinski definition) is 1. The Morgan fingerprint density at radius 1 is 1.10 bits per heavy atom. The van der Waals surface area contributed by atoms with Crippen LogP contribution in [0.25, 0.3) is 0 Å². The fourth-order valence-electron chi connectivity index (χ4n) is 7.65. The molecule has 0 aromatic rings. The number of amides is 2. The van der Waals surface area contributed by atoms with Gasteiger partial charge in [0, 0.05) is 30.5 Å². The summed E-state index contributed by atoms with van der Waals surface area (Å²) < 4.78 is 5.12. The van der Waals surface area contributed by atoms with E-state index in [-0.39, 0.29) is 35.1 Å². The molecule has 0 saturated carbocycles. The maximum absolute atomic E-state index is 14.7. The van der Waals surface area contributed by atoms with Gasteiger partial charge >= 0.3 is 5.97 Å². The molecule has 3 heterocycles. The fraction of sp³-hybridized carbons (Fsp3) is 0.788. The van der Waals surface area contributed by atoms with Crippen molar-refractivity contribution in [2.24, 2.45) is 17.3 Å². The highest BCUT2D eigenvalue weighted by Crippen LogP contribution is 2.66. The van der Waals surface area contributed by atoms with Gasteiger partial charge in [0.05, 0.1) is 23.2 Å². The third-order valence-corrected chi connectivity index (χ3v) is 10.9. The molecule has 41 heavy (non-hydrogen) atoms. The number of unbranched alkanes of at least 4 members (excludes halogenated alkanes) is 5. The van der Waals surface area contributed by atoms with Crippen LogP contribution in [0.5, 0.6) is 0 Å². The smallest absolute Gasteiger partial charge is 0.310 e. The number of fused-ring (bicyclic) bond motifs is 1. The Kier molecular flexibility index (Phi) is 11.6. The predicted octanol–water partition coefficient (Wildman–Crippen LogP) is 5.76. The number of hydrogen-bond acceptors (Lipinski definition) is 6. The van der Waals surface area contributed by atoms with Crippen molar-refractivity contribution in [1.29, 1.82) is 0 Å². The van der Waals surface area contributed by atoms with Gasteiger partial charge in [0.15, 0.2) is 0 Å². The first-order chi connectivity index (χ1) is 19.3. The highest BCUT2D eigenvalue weighted by molar-refractivity contribution is 8.02. The minimum absolute atomic E-state index is 0.00192. The topological polar surface area (TPSA) is 87.1 Å². The monoisotopic (exact) mass is 590 g/mol. The maximum Gasteiger partial charge on any atom is 0.310 e. The van der Waals surface area contributed by atoms with Gasteiger partial charge in [-0.2, -0.15) is 0 Å². The summed E-state index contributed by atoms with van der Waals surface area (Å²) in [7, 11) is 0. The molecule has 2 amide bonds. The largest absolute Gasteiger partial charge is 0.465 e. The van der Waals surface area contributed by atoms with E-state index in [2.05, 4.69) is 47.8 Å². The molecule has 2 unspecified atom stereocenters. The Hall–Kier alpha value is -1.80. The average molecular weight is 591 g/mol. The molecule has 3 fully saturated rings. The summed E-state index contributed by atoms with van der Waals surface area (Å²) in [5.41, 5.74) is -0.442. The van der Waals surface area contributed by atoms with Crippen LogP contribution in [0, 0.1) is 17.3 Å². The van der Waals surface area contributed by atoms with Crippen molar-refractivity contribution in [2.75, 3.05) is 26.3 Å². The highest BCUT2D eigenvalue weighted by Gasteiger charge is 2.74. The molecule has 1 N–H and O–H groups in total. The lowest BCUT2D eigenvalue weighted by Crippen LogP contribution is -2.60. The molecule has 2 bridgehead atoms. The van der Waals surface area contributed by atoms with E-state index in [1.165, 1.54) is 0 Å². The van der Waals surface area contributed by atoms with Crippen molar-refractivity contribution in [2.45, 2.75) is 120 Å². The number of carbonyl (C=O) groups excluding carboxylic acids is 3. The van der Waals surface area contributed by atoms with Gasteiger partial charge in [0.2, 0.25) is 11.8 Å². The molecule has 232 valence electrons. The van der Waals surface area contributed by atoms with Crippen LogP contribution < -0.4 is 0 Å². The standard InChI is InChI=1S/C33H54N2O5S/c1-8-10-11-16-22-40-30(39)25-24-17-18-33(41-24)26(25)28(37)34(20-14-12-13-15-21-36)27(33)29(38)35(19-9-2)32(6,7)23-31(3,4)5/h8-9,24-27,36H,1-2,10-23H2,3-7H3/t24-,25+,26+,27?,33?/m1/s1. The van der Waals surface area contributed by atoms with E-state index in [0.29, 0.717) is 19.7 Å². The van der Waals surface area contributed by atoms with Crippen LogP contribution in [0.15, 0.2) is 25.3 Å². The molecular formula is C33H54N2O5S. The highest BCUT2D eigenvalue weighted by atomic mass is 32.2. The number of thioether (sulfide) groups is 1. The lowest BCUT2D eigenvalue weighted by atomic mass is 9.71.